The molecule has 1 fully saturated rings. The molecule has 1 N–H and O–H groups in total. The summed E-state index contributed by atoms with van der Waals surface area (Å²) >= 11 is 0. The van der Waals surface area contributed by atoms with Gasteiger partial charge in [0.15, 0.2) is 5.82 Å². The van der Waals surface area contributed by atoms with Crippen molar-refractivity contribution in [3.63, 3.8) is 0 Å². The molecule has 2 rings (SSSR count). The van der Waals surface area contributed by atoms with E-state index in [4.69, 9.17) is 0 Å². The Balaban J connectivity index is 1.89. The van der Waals surface area contributed by atoms with Crippen LogP contribution in [0.15, 0.2) is 0 Å². The first-order valence-corrected chi connectivity index (χ1v) is 5.31. The number of hydrogen-bond acceptors (Lipinski definition) is 4. The van der Waals surface area contributed by atoms with E-state index in [0.29, 0.717) is 6.04 Å². The highest BCUT2D eigenvalue weighted by atomic mass is 15.6. The minimum atomic E-state index is 0.543. The Morgan fingerprint density at radius 2 is 2.36 bits per heavy atom. The highest BCUT2D eigenvalue weighted by Gasteiger charge is 2.14. The Hall–Kier alpha value is -0.970. The van der Waals surface area contributed by atoms with Gasteiger partial charge in [0.25, 0.3) is 0 Å². The third kappa shape index (κ3) is 2.51. The topological polar surface area (TPSA) is 55.6 Å². The fourth-order valence-electron chi connectivity index (χ4n) is 1.90. The number of aromatic nitrogens is 4. The van der Waals surface area contributed by atoms with E-state index in [-0.39, 0.29) is 0 Å². The molecule has 0 amide bonds. The maximum Gasteiger partial charge on any atom is 0.176 e. The molecule has 1 atom stereocenters. The van der Waals surface area contributed by atoms with E-state index >= 15 is 0 Å². The summed E-state index contributed by atoms with van der Waals surface area (Å²) in [6.07, 6.45) is 6.10. The third-order valence-electron chi connectivity index (χ3n) is 2.64. The Kier molecular flexibility index (Phi) is 3.08. The van der Waals surface area contributed by atoms with Crippen LogP contribution in [0.5, 0.6) is 0 Å². The van der Waals surface area contributed by atoms with Gasteiger partial charge in [-0.15, -0.1) is 10.2 Å². The Bertz CT molecular complexity index is 274. The molecule has 1 aliphatic heterocycles. The molecular formula is C9H17N5. The van der Waals surface area contributed by atoms with Gasteiger partial charge in [0.1, 0.15) is 0 Å². The van der Waals surface area contributed by atoms with Crippen LogP contribution in [0, 0.1) is 0 Å². The van der Waals surface area contributed by atoms with Crippen molar-refractivity contribution >= 4 is 0 Å². The van der Waals surface area contributed by atoms with Crippen molar-refractivity contribution in [3.8, 4) is 0 Å². The van der Waals surface area contributed by atoms with Gasteiger partial charge >= 0.3 is 0 Å². The lowest BCUT2D eigenvalue weighted by Crippen LogP contribution is -2.30. The molecule has 5 nitrogen and oxygen atoms in total. The third-order valence-corrected chi connectivity index (χ3v) is 2.64. The SMILES string of the molecule is Cn1nnc(CC2CCCCCN2)n1. The Morgan fingerprint density at radius 3 is 3.14 bits per heavy atom. The first-order chi connectivity index (χ1) is 6.84. The van der Waals surface area contributed by atoms with Gasteiger partial charge in [0, 0.05) is 12.5 Å². The lowest BCUT2D eigenvalue weighted by Gasteiger charge is -2.12. The molecule has 1 saturated heterocycles. The standard InChI is InChI=1S/C9H17N5/c1-14-12-9(11-13-14)7-8-5-3-2-4-6-10-8/h8,10H,2-7H2,1H3. The number of tetrazole rings is 1. The van der Waals surface area contributed by atoms with Crippen LogP contribution in [0.25, 0.3) is 0 Å². The molecular weight excluding hydrogens is 178 g/mol. The van der Waals surface area contributed by atoms with E-state index in [2.05, 4.69) is 20.7 Å². The van der Waals surface area contributed by atoms with Crippen LogP contribution in [0.1, 0.15) is 31.5 Å². The van der Waals surface area contributed by atoms with Crippen LogP contribution >= 0.6 is 0 Å². The maximum atomic E-state index is 4.19. The normalized spacial score (nSPS) is 23.4. The van der Waals surface area contributed by atoms with Crippen LogP contribution in [0.3, 0.4) is 0 Å². The highest BCUT2D eigenvalue weighted by Crippen LogP contribution is 2.10. The van der Waals surface area contributed by atoms with Crippen LogP contribution in [-0.4, -0.2) is 32.8 Å². The lowest BCUT2D eigenvalue weighted by atomic mass is 10.1. The quantitative estimate of drug-likeness (QED) is 0.736. The summed E-state index contributed by atoms with van der Waals surface area (Å²) in [5.41, 5.74) is 0. The van der Waals surface area contributed by atoms with Crippen molar-refractivity contribution < 1.29 is 0 Å². The van der Waals surface area contributed by atoms with Crippen molar-refractivity contribution in [1.82, 2.24) is 25.5 Å². The molecule has 1 aromatic rings. The number of nitrogens with zero attached hydrogens (tertiary/aromatic N) is 4. The van der Waals surface area contributed by atoms with Crippen molar-refractivity contribution in [1.29, 1.82) is 0 Å². The second kappa shape index (κ2) is 4.50. The Morgan fingerprint density at radius 1 is 1.43 bits per heavy atom. The van der Waals surface area contributed by atoms with E-state index in [1.54, 1.807) is 7.05 Å². The summed E-state index contributed by atoms with van der Waals surface area (Å²) in [7, 11) is 1.80. The van der Waals surface area contributed by atoms with Crippen molar-refractivity contribution in [3.05, 3.63) is 5.82 Å². The van der Waals surface area contributed by atoms with Crippen LogP contribution in [-0.2, 0) is 13.5 Å². The molecule has 5 heteroatoms. The minimum Gasteiger partial charge on any atom is -0.314 e. The van der Waals surface area contributed by atoms with Gasteiger partial charge < -0.3 is 5.32 Å². The molecule has 0 aliphatic carbocycles. The zero-order valence-electron chi connectivity index (χ0n) is 8.61. The fraction of sp³-hybridized carbons (Fsp3) is 0.889. The summed E-state index contributed by atoms with van der Waals surface area (Å²) in [5, 5.41) is 15.5. The van der Waals surface area contributed by atoms with Gasteiger partial charge in [0.2, 0.25) is 0 Å². The lowest BCUT2D eigenvalue weighted by molar-refractivity contribution is 0.496. The maximum absolute atomic E-state index is 4.19. The zero-order valence-corrected chi connectivity index (χ0v) is 8.61. The van der Waals surface area contributed by atoms with Gasteiger partial charge in [-0.25, -0.2) is 0 Å². The van der Waals surface area contributed by atoms with E-state index in [1.807, 2.05) is 0 Å². The predicted octanol–water partition coefficient (Wildman–Crippen LogP) is 0.285. The van der Waals surface area contributed by atoms with Gasteiger partial charge in [-0.3, -0.25) is 0 Å². The van der Waals surface area contributed by atoms with Gasteiger partial charge in [-0.1, -0.05) is 12.8 Å². The highest BCUT2D eigenvalue weighted by molar-refractivity contribution is 4.85. The zero-order chi connectivity index (χ0) is 9.80. The smallest absolute Gasteiger partial charge is 0.176 e. The largest absolute Gasteiger partial charge is 0.314 e. The predicted molar refractivity (Wildman–Crippen MR) is 52.8 cm³/mol. The van der Waals surface area contributed by atoms with E-state index in [1.165, 1.54) is 30.5 Å². The van der Waals surface area contributed by atoms with Crippen LogP contribution < -0.4 is 5.32 Å². The monoisotopic (exact) mass is 195 g/mol. The molecule has 1 unspecified atom stereocenters. The van der Waals surface area contributed by atoms with E-state index < -0.39 is 0 Å². The van der Waals surface area contributed by atoms with Crippen LogP contribution in [0.4, 0.5) is 0 Å². The van der Waals surface area contributed by atoms with Crippen molar-refractivity contribution in [2.45, 2.75) is 38.1 Å². The molecule has 0 aromatic carbocycles. The minimum absolute atomic E-state index is 0.543. The second-order valence-corrected chi connectivity index (χ2v) is 3.90. The molecule has 0 spiro atoms. The number of nitrogens with one attached hydrogen (secondary N) is 1. The van der Waals surface area contributed by atoms with Gasteiger partial charge in [-0.05, 0) is 24.6 Å². The first kappa shape index (κ1) is 9.58. The number of aryl methyl sites for hydroxylation is 1. The van der Waals surface area contributed by atoms with Crippen molar-refractivity contribution in [2.24, 2.45) is 7.05 Å². The summed E-state index contributed by atoms with van der Waals surface area (Å²) in [6.45, 7) is 1.13. The molecule has 14 heavy (non-hydrogen) atoms. The Labute approximate surface area is 83.9 Å². The van der Waals surface area contributed by atoms with E-state index in [0.717, 1.165) is 18.8 Å². The molecule has 0 saturated carbocycles. The molecule has 78 valence electrons. The average molecular weight is 195 g/mol. The average Bonchev–Trinajstić information content (AvgIpc) is 2.43. The summed E-state index contributed by atoms with van der Waals surface area (Å²) < 4.78 is 0. The summed E-state index contributed by atoms with van der Waals surface area (Å²) in [6, 6.07) is 0.543. The molecule has 2 heterocycles. The van der Waals surface area contributed by atoms with E-state index in [9.17, 15) is 0 Å². The fourth-order valence-corrected chi connectivity index (χ4v) is 1.90. The number of hydrogen-bond donors (Lipinski definition) is 1. The van der Waals surface area contributed by atoms with Gasteiger partial charge in [-0.2, -0.15) is 4.80 Å². The molecule has 0 bridgehead atoms. The second-order valence-electron chi connectivity index (χ2n) is 3.90. The summed E-state index contributed by atoms with van der Waals surface area (Å²) in [5.74, 6) is 0.854. The number of rotatable bonds is 2. The van der Waals surface area contributed by atoms with Gasteiger partial charge in [0.05, 0.1) is 7.05 Å². The summed E-state index contributed by atoms with van der Waals surface area (Å²) in [4.78, 5) is 1.52. The molecule has 1 aromatic heterocycles. The molecule has 0 radical (unpaired) electrons. The molecule has 1 aliphatic rings. The first-order valence-electron chi connectivity index (χ1n) is 5.31. The van der Waals surface area contributed by atoms with Crippen LogP contribution in [0.2, 0.25) is 0 Å². The van der Waals surface area contributed by atoms with Crippen molar-refractivity contribution in [2.75, 3.05) is 6.54 Å².